The molecule has 0 amide bonds. The molecular weight excluding hydrogens is 202 g/mol. The van der Waals surface area contributed by atoms with Crippen molar-refractivity contribution in [3.05, 3.63) is 42.4 Å². The van der Waals surface area contributed by atoms with Crippen molar-refractivity contribution in [1.82, 2.24) is 15.0 Å². The molecular formula is C12H9N3O. The highest BCUT2D eigenvalue weighted by Gasteiger charge is 2.08. The largest absolute Gasteiger partial charge is 0.434 e. The molecule has 0 fully saturated rings. The molecule has 0 atom stereocenters. The van der Waals surface area contributed by atoms with Crippen LogP contribution in [0.25, 0.3) is 22.7 Å². The molecule has 0 unspecified atom stereocenters. The van der Waals surface area contributed by atoms with Crippen LogP contribution in [-0.4, -0.2) is 15.0 Å². The van der Waals surface area contributed by atoms with Crippen molar-refractivity contribution in [1.29, 1.82) is 0 Å². The standard InChI is InChI=1S/C12H9N3O/c1-8-7-9(4-6-13-8)12-15-11-10(16-12)3-2-5-14-11/h2-7H,1H3. The molecule has 4 nitrogen and oxygen atoms in total. The number of aryl methyl sites for hydroxylation is 1. The molecule has 78 valence electrons. The predicted octanol–water partition coefficient (Wildman–Crippen LogP) is 2.59. The van der Waals surface area contributed by atoms with E-state index >= 15 is 0 Å². The zero-order valence-corrected chi connectivity index (χ0v) is 8.71. The second kappa shape index (κ2) is 3.41. The number of aromatic nitrogens is 3. The lowest BCUT2D eigenvalue weighted by Crippen LogP contribution is -1.82. The molecule has 0 spiro atoms. The minimum absolute atomic E-state index is 0.583. The van der Waals surface area contributed by atoms with E-state index < -0.39 is 0 Å². The van der Waals surface area contributed by atoms with Crippen LogP contribution >= 0.6 is 0 Å². The Morgan fingerprint density at radius 2 is 2.06 bits per heavy atom. The molecule has 3 rings (SSSR count). The van der Waals surface area contributed by atoms with Crippen molar-refractivity contribution >= 4 is 11.2 Å². The van der Waals surface area contributed by atoms with Gasteiger partial charge in [-0.05, 0) is 31.2 Å². The lowest BCUT2D eigenvalue weighted by Gasteiger charge is -1.95. The van der Waals surface area contributed by atoms with Crippen molar-refractivity contribution in [2.24, 2.45) is 0 Å². The van der Waals surface area contributed by atoms with Crippen LogP contribution in [0.3, 0.4) is 0 Å². The molecule has 0 bridgehead atoms. The van der Waals surface area contributed by atoms with Crippen molar-refractivity contribution in [3.63, 3.8) is 0 Å². The summed E-state index contributed by atoms with van der Waals surface area (Å²) in [5, 5.41) is 0. The van der Waals surface area contributed by atoms with E-state index in [4.69, 9.17) is 4.42 Å². The Morgan fingerprint density at radius 1 is 1.12 bits per heavy atom. The molecule has 4 heteroatoms. The van der Waals surface area contributed by atoms with E-state index in [1.807, 2.05) is 31.2 Å². The Morgan fingerprint density at radius 3 is 2.88 bits per heavy atom. The molecule has 0 aliphatic heterocycles. The average Bonchev–Trinajstić information content (AvgIpc) is 2.72. The van der Waals surface area contributed by atoms with Gasteiger partial charge in [0.25, 0.3) is 0 Å². The minimum Gasteiger partial charge on any atom is -0.434 e. The lowest BCUT2D eigenvalue weighted by atomic mass is 10.2. The number of hydrogen-bond donors (Lipinski definition) is 0. The van der Waals surface area contributed by atoms with Gasteiger partial charge < -0.3 is 4.42 Å². The summed E-state index contributed by atoms with van der Waals surface area (Å²) in [5.74, 6) is 0.583. The Hall–Kier alpha value is -2.23. The SMILES string of the molecule is Cc1cc(-c2nc3ncccc3o2)ccn1. The first-order valence-corrected chi connectivity index (χ1v) is 4.97. The van der Waals surface area contributed by atoms with E-state index in [2.05, 4.69) is 15.0 Å². The van der Waals surface area contributed by atoms with Crippen LogP contribution in [0.5, 0.6) is 0 Å². The van der Waals surface area contributed by atoms with Gasteiger partial charge in [0.2, 0.25) is 5.89 Å². The van der Waals surface area contributed by atoms with Crippen molar-refractivity contribution < 1.29 is 4.42 Å². The third-order valence-electron chi connectivity index (χ3n) is 2.31. The summed E-state index contributed by atoms with van der Waals surface area (Å²) in [4.78, 5) is 12.6. The van der Waals surface area contributed by atoms with E-state index in [1.165, 1.54) is 0 Å². The molecule has 0 saturated carbocycles. The van der Waals surface area contributed by atoms with Crippen molar-refractivity contribution in [2.75, 3.05) is 0 Å². The summed E-state index contributed by atoms with van der Waals surface area (Å²) in [6.45, 7) is 1.93. The van der Waals surface area contributed by atoms with Gasteiger partial charge in [-0.15, -0.1) is 0 Å². The average molecular weight is 211 g/mol. The van der Waals surface area contributed by atoms with Gasteiger partial charge in [-0.2, -0.15) is 4.98 Å². The van der Waals surface area contributed by atoms with Crippen LogP contribution in [0.2, 0.25) is 0 Å². The zero-order valence-electron chi connectivity index (χ0n) is 8.71. The fraction of sp³-hybridized carbons (Fsp3) is 0.0833. The van der Waals surface area contributed by atoms with Crippen molar-refractivity contribution in [2.45, 2.75) is 6.92 Å². The summed E-state index contributed by atoms with van der Waals surface area (Å²) in [6.07, 6.45) is 3.44. The highest BCUT2D eigenvalue weighted by molar-refractivity contribution is 5.71. The van der Waals surface area contributed by atoms with Crippen molar-refractivity contribution in [3.8, 4) is 11.5 Å². The van der Waals surface area contributed by atoms with E-state index in [0.29, 0.717) is 17.1 Å². The number of nitrogens with zero attached hydrogens (tertiary/aromatic N) is 3. The van der Waals surface area contributed by atoms with E-state index in [9.17, 15) is 0 Å². The number of pyridine rings is 2. The quantitative estimate of drug-likeness (QED) is 0.620. The molecule has 3 aromatic rings. The minimum atomic E-state index is 0.583. The van der Waals surface area contributed by atoms with Crippen LogP contribution in [0.1, 0.15) is 5.69 Å². The number of hydrogen-bond acceptors (Lipinski definition) is 4. The number of fused-ring (bicyclic) bond motifs is 1. The fourth-order valence-corrected chi connectivity index (χ4v) is 1.57. The second-order valence-electron chi connectivity index (χ2n) is 3.53. The molecule has 3 heterocycles. The molecule has 16 heavy (non-hydrogen) atoms. The smallest absolute Gasteiger partial charge is 0.229 e. The molecule has 0 aliphatic rings. The summed E-state index contributed by atoms with van der Waals surface area (Å²) in [5.41, 5.74) is 3.19. The van der Waals surface area contributed by atoms with Gasteiger partial charge in [0, 0.05) is 23.7 Å². The second-order valence-corrected chi connectivity index (χ2v) is 3.53. The third-order valence-corrected chi connectivity index (χ3v) is 2.31. The molecule has 0 radical (unpaired) electrons. The molecule has 3 aromatic heterocycles. The predicted molar refractivity (Wildman–Crippen MR) is 59.8 cm³/mol. The monoisotopic (exact) mass is 211 g/mol. The maximum atomic E-state index is 5.61. The van der Waals surface area contributed by atoms with Crippen LogP contribution < -0.4 is 0 Å². The third kappa shape index (κ3) is 1.44. The topological polar surface area (TPSA) is 51.8 Å². The summed E-state index contributed by atoms with van der Waals surface area (Å²) >= 11 is 0. The normalized spacial score (nSPS) is 10.8. The van der Waals surface area contributed by atoms with Gasteiger partial charge in [0.15, 0.2) is 11.2 Å². The zero-order chi connectivity index (χ0) is 11.0. The maximum absolute atomic E-state index is 5.61. The van der Waals surface area contributed by atoms with E-state index in [0.717, 1.165) is 11.3 Å². The summed E-state index contributed by atoms with van der Waals surface area (Å²) in [6, 6.07) is 7.49. The lowest BCUT2D eigenvalue weighted by molar-refractivity contribution is 0.619. The van der Waals surface area contributed by atoms with E-state index in [-0.39, 0.29) is 0 Å². The molecule has 0 saturated heterocycles. The van der Waals surface area contributed by atoms with Crippen LogP contribution in [0.15, 0.2) is 41.1 Å². The highest BCUT2D eigenvalue weighted by atomic mass is 16.3. The fourth-order valence-electron chi connectivity index (χ4n) is 1.57. The first-order chi connectivity index (χ1) is 7.83. The maximum Gasteiger partial charge on any atom is 0.229 e. The number of oxazole rings is 1. The first-order valence-electron chi connectivity index (χ1n) is 4.97. The highest BCUT2D eigenvalue weighted by Crippen LogP contribution is 2.22. The summed E-state index contributed by atoms with van der Waals surface area (Å²) in [7, 11) is 0. The first kappa shape index (κ1) is 9.03. The Kier molecular flexibility index (Phi) is 1.93. The molecule has 0 aliphatic carbocycles. The Balaban J connectivity index is 2.19. The van der Waals surface area contributed by atoms with Gasteiger partial charge >= 0.3 is 0 Å². The van der Waals surface area contributed by atoms with Crippen LogP contribution in [0, 0.1) is 6.92 Å². The van der Waals surface area contributed by atoms with E-state index in [1.54, 1.807) is 12.4 Å². The number of rotatable bonds is 1. The van der Waals surface area contributed by atoms with Gasteiger partial charge in [-0.3, -0.25) is 4.98 Å². The van der Waals surface area contributed by atoms with Gasteiger partial charge in [-0.1, -0.05) is 0 Å². The van der Waals surface area contributed by atoms with Gasteiger partial charge in [-0.25, -0.2) is 4.98 Å². The van der Waals surface area contributed by atoms with Gasteiger partial charge in [0.1, 0.15) is 0 Å². The van der Waals surface area contributed by atoms with Crippen LogP contribution in [0.4, 0.5) is 0 Å². The molecule has 0 N–H and O–H groups in total. The molecule has 0 aromatic carbocycles. The Bertz CT molecular complexity index is 612. The summed E-state index contributed by atoms with van der Waals surface area (Å²) < 4.78 is 5.61. The van der Waals surface area contributed by atoms with Crippen LogP contribution in [-0.2, 0) is 0 Å². The van der Waals surface area contributed by atoms with Gasteiger partial charge in [0.05, 0.1) is 0 Å². The Labute approximate surface area is 92.0 Å².